The van der Waals surface area contributed by atoms with Gasteiger partial charge in [-0.25, -0.2) is 0 Å². The van der Waals surface area contributed by atoms with E-state index < -0.39 is 35.8 Å². The summed E-state index contributed by atoms with van der Waals surface area (Å²) < 4.78 is 67.7. The predicted molar refractivity (Wildman–Crippen MR) is 140 cm³/mol. The van der Waals surface area contributed by atoms with E-state index >= 15 is 0 Å². The number of benzene rings is 2. The van der Waals surface area contributed by atoms with E-state index in [1.165, 1.54) is 0 Å². The second-order valence-corrected chi connectivity index (χ2v) is 11.0. The summed E-state index contributed by atoms with van der Waals surface area (Å²) in [4.78, 5) is 2.60. The summed E-state index contributed by atoms with van der Waals surface area (Å²) in [5, 5.41) is 13.7. The van der Waals surface area contributed by atoms with Gasteiger partial charge in [-0.3, -0.25) is 14.1 Å². The minimum absolute atomic E-state index is 0. The van der Waals surface area contributed by atoms with Gasteiger partial charge in [-0.15, -0.1) is 0 Å². The maximum Gasteiger partial charge on any atom is 1.00 e. The first kappa shape index (κ1) is 31.0. The largest absolute Gasteiger partial charge is 1.00 e. The maximum atomic E-state index is 12.4. The molecule has 0 unspecified atom stereocenters. The van der Waals surface area contributed by atoms with Gasteiger partial charge in [-0.05, 0) is 92.0 Å². The summed E-state index contributed by atoms with van der Waals surface area (Å²) in [5.41, 5.74) is 4.55. The molecule has 192 valence electrons. The maximum absolute atomic E-state index is 12.4. The number of aryl methyl sites for hydroxylation is 1. The molecule has 1 aliphatic carbocycles. The van der Waals surface area contributed by atoms with Gasteiger partial charge < -0.3 is 10.4 Å². The first-order valence-corrected chi connectivity index (χ1v) is 14.0. The van der Waals surface area contributed by atoms with Crippen LogP contribution in [0.2, 0.25) is 0 Å². The third kappa shape index (κ3) is 6.99. The average molecular weight is 556 g/mol. The first-order valence-electron chi connectivity index (χ1n) is 11.1. The molecule has 2 aromatic carbocycles. The molecule has 0 aromatic heterocycles. The van der Waals surface area contributed by atoms with Crippen molar-refractivity contribution < 1.29 is 60.6 Å². The number of allylic oxidation sites excluding steroid dienone is 5. The normalized spacial score (nSPS) is 16.3. The number of hydrogen-bond donors (Lipinski definition) is 4. The molecule has 3 rings (SSSR count). The smallest absolute Gasteiger partial charge is 0.506 e. The Bertz CT molecular complexity index is 1560. The van der Waals surface area contributed by atoms with Gasteiger partial charge in [0, 0.05) is 24.3 Å². The number of nitrogens with one attached hydrogen (secondary N) is 1. The van der Waals surface area contributed by atoms with Gasteiger partial charge in [0.05, 0.1) is 5.71 Å². The first-order chi connectivity index (χ1) is 16.8. The van der Waals surface area contributed by atoms with Crippen LogP contribution in [0.25, 0.3) is 5.57 Å². The Morgan fingerprint density at radius 2 is 1.59 bits per heavy atom. The van der Waals surface area contributed by atoms with Gasteiger partial charge in [0.25, 0.3) is 20.2 Å². The van der Waals surface area contributed by atoms with E-state index in [4.69, 9.17) is 0 Å². The molecule has 2 aromatic rings. The topological polar surface area (TPSA) is 153 Å². The Kier molecular flexibility index (Phi) is 10.1. The molecule has 0 heterocycles. The number of aliphatic imine (C=N–C) groups is 1. The zero-order valence-corrected chi connectivity index (χ0v) is 24.9. The Balaban J connectivity index is 0.00000481. The molecule has 4 N–H and O–H groups in total. The van der Waals surface area contributed by atoms with Crippen LogP contribution in [0.15, 0.2) is 74.5 Å². The quantitative estimate of drug-likeness (QED) is 0.296. The van der Waals surface area contributed by atoms with E-state index in [0.29, 0.717) is 35.9 Å². The molecule has 0 spiro atoms. The van der Waals surface area contributed by atoms with Crippen LogP contribution < -0.4 is 34.9 Å². The molecule has 9 nitrogen and oxygen atoms in total. The van der Waals surface area contributed by atoms with Crippen molar-refractivity contribution in [2.75, 3.05) is 18.4 Å². The van der Waals surface area contributed by atoms with Crippen molar-refractivity contribution in [1.82, 2.24) is 0 Å². The van der Waals surface area contributed by atoms with Crippen LogP contribution in [0.3, 0.4) is 0 Å². The Hall–Kier alpha value is -2.25. The second kappa shape index (κ2) is 12.1. The Labute approximate surface area is 239 Å². The van der Waals surface area contributed by atoms with Crippen molar-refractivity contribution in [2.45, 2.75) is 37.5 Å². The summed E-state index contributed by atoms with van der Waals surface area (Å²) in [6, 6.07) is 6.84. The third-order valence-electron chi connectivity index (χ3n) is 5.58. The molecule has 0 amide bonds. The number of phenols is 1. The van der Waals surface area contributed by atoms with Crippen molar-refractivity contribution in [2.24, 2.45) is 4.99 Å². The van der Waals surface area contributed by atoms with Crippen molar-refractivity contribution in [3.05, 3.63) is 76.4 Å². The fourth-order valence-corrected chi connectivity index (χ4v) is 5.38. The molecule has 0 saturated carbocycles. The summed E-state index contributed by atoms with van der Waals surface area (Å²) in [6.07, 6.45) is 5.29. The summed E-state index contributed by atoms with van der Waals surface area (Å²) in [5.74, 6) is -0.868. The minimum atomic E-state index is -4.99. The van der Waals surface area contributed by atoms with Crippen LogP contribution in [0.4, 0.5) is 5.69 Å². The zero-order chi connectivity index (χ0) is 26.8. The molecule has 12 heteroatoms. The number of phenolic OH excluding ortho intramolecular Hbond substituents is 1. The van der Waals surface area contributed by atoms with Crippen molar-refractivity contribution in [3.8, 4) is 5.75 Å². The van der Waals surface area contributed by atoms with Crippen LogP contribution in [0.1, 0.15) is 37.5 Å². The Morgan fingerprint density at radius 3 is 2.11 bits per heavy atom. The fourth-order valence-electron chi connectivity index (χ4n) is 4.01. The fraction of sp³-hybridized carbons (Fsp3) is 0.240. The monoisotopic (exact) mass is 555 g/mol. The van der Waals surface area contributed by atoms with Crippen molar-refractivity contribution in [3.63, 3.8) is 0 Å². The molecule has 0 saturated heterocycles. The number of nitrogens with zero attached hydrogens (tertiary/aromatic N) is 1. The van der Waals surface area contributed by atoms with E-state index in [-0.39, 0.29) is 35.1 Å². The number of hydrogen-bond acceptors (Lipinski definition) is 7. The van der Waals surface area contributed by atoms with Crippen molar-refractivity contribution in [1.29, 1.82) is 0 Å². The van der Waals surface area contributed by atoms with E-state index in [1.54, 1.807) is 24.3 Å². The molecule has 0 fully saturated rings. The zero-order valence-electron chi connectivity index (χ0n) is 21.3. The van der Waals surface area contributed by atoms with Crippen LogP contribution in [-0.2, 0) is 20.2 Å². The van der Waals surface area contributed by atoms with Gasteiger partial charge >= 0.3 is 29.6 Å². The van der Waals surface area contributed by atoms with E-state index in [1.807, 2.05) is 39.8 Å². The van der Waals surface area contributed by atoms with Crippen LogP contribution in [0.5, 0.6) is 5.75 Å². The van der Waals surface area contributed by atoms with Gasteiger partial charge in [-0.1, -0.05) is 12.1 Å². The summed E-state index contributed by atoms with van der Waals surface area (Å²) in [7, 11) is -9.97. The number of anilines is 1. The molecule has 1 aliphatic rings. The van der Waals surface area contributed by atoms with Crippen LogP contribution in [0, 0.1) is 6.92 Å². The molecule has 0 bridgehead atoms. The SMILES string of the molecule is CCN=C1C=C/C(=C(\c2ccc(NCC)c(C)c2)c2cc(O)c(S(=O)(=O)O)cc2S(=O)(=O)O)C=C1C.[Na+]. The standard InChI is InChI=1S/C25H28N2O7S2.Na/c1-5-26-20-9-7-17(11-15(20)3)25(18-8-10-21(27-6-2)16(4)12-18)19-13-22(28)24(36(32,33)34)14-23(19)35(29,30)31;/h7-14,26,28H,5-6H2,1-4H3,(H,29,30,31)(H,32,33,34);/q;+1/b25-18-,27-21?;. The van der Waals surface area contributed by atoms with Gasteiger partial charge in [0.1, 0.15) is 15.5 Å². The Morgan fingerprint density at radius 1 is 0.946 bits per heavy atom. The number of rotatable bonds is 7. The van der Waals surface area contributed by atoms with Gasteiger partial charge in [0.15, 0.2) is 0 Å². The molecule has 37 heavy (non-hydrogen) atoms. The van der Waals surface area contributed by atoms with E-state index in [9.17, 15) is 31.0 Å². The number of aromatic hydroxyl groups is 1. The molecular formula is C25H28N2NaO7S2+. The predicted octanol–water partition coefficient (Wildman–Crippen LogP) is 1.41. The molecular weight excluding hydrogens is 527 g/mol. The summed E-state index contributed by atoms with van der Waals surface area (Å²) in [6.45, 7) is 8.83. The van der Waals surface area contributed by atoms with E-state index in [2.05, 4.69) is 10.3 Å². The summed E-state index contributed by atoms with van der Waals surface area (Å²) >= 11 is 0. The van der Waals surface area contributed by atoms with E-state index in [0.717, 1.165) is 28.6 Å². The molecule has 0 radical (unpaired) electrons. The van der Waals surface area contributed by atoms with Crippen LogP contribution >= 0.6 is 0 Å². The van der Waals surface area contributed by atoms with Crippen molar-refractivity contribution >= 4 is 37.2 Å². The van der Waals surface area contributed by atoms with Crippen LogP contribution in [-0.4, -0.2) is 49.8 Å². The van der Waals surface area contributed by atoms with Gasteiger partial charge in [0.2, 0.25) is 0 Å². The second-order valence-electron chi connectivity index (χ2n) is 8.18. The minimum Gasteiger partial charge on any atom is -0.506 e. The third-order valence-corrected chi connectivity index (χ3v) is 7.36. The molecule has 0 atom stereocenters. The average Bonchev–Trinajstić information content (AvgIpc) is 2.76. The van der Waals surface area contributed by atoms with Gasteiger partial charge in [-0.2, -0.15) is 16.8 Å². The molecule has 0 aliphatic heterocycles.